The minimum atomic E-state index is 0.0751. The Kier molecular flexibility index (Phi) is 2.96. The Morgan fingerprint density at radius 2 is 2.00 bits per heavy atom. The van der Waals surface area contributed by atoms with E-state index in [1.54, 1.807) is 0 Å². The third-order valence-corrected chi connectivity index (χ3v) is 3.93. The van der Waals surface area contributed by atoms with E-state index in [0.717, 1.165) is 26.1 Å². The first-order chi connectivity index (χ1) is 8.78. The van der Waals surface area contributed by atoms with Gasteiger partial charge in [-0.05, 0) is 17.5 Å². The summed E-state index contributed by atoms with van der Waals surface area (Å²) in [5, 5.41) is 6.27. The molecule has 1 atom stereocenters. The topological polar surface area (TPSA) is 44.4 Å². The van der Waals surface area contributed by atoms with E-state index in [1.807, 2.05) is 4.90 Å². The van der Waals surface area contributed by atoms with Gasteiger partial charge in [-0.1, -0.05) is 31.2 Å². The molecule has 2 fully saturated rings. The van der Waals surface area contributed by atoms with Gasteiger partial charge in [0.05, 0.1) is 12.1 Å². The summed E-state index contributed by atoms with van der Waals surface area (Å²) >= 11 is 0. The molecule has 2 aliphatic heterocycles. The normalized spacial score (nSPS) is 23.9. The largest absolute Gasteiger partial charge is 0.329 e. The number of hydrogen-bond acceptors (Lipinski definition) is 2. The van der Waals surface area contributed by atoms with E-state index in [1.165, 1.54) is 11.1 Å². The van der Waals surface area contributed by atoms with Crippen LogP contribution in [-0.2, 0) is 6.42 Å². The van der Waals surface area contributed by atoms with Crippen molar-refractivity contribution < 1.29 is 4.79 Å². The fraction of sp³-hybridized carbons (Fsp3) is 0.500. The molecule has 0 aromatic heterocycles. The van der Waals surface area contributed by atoms with Crippen LogP contribution in [0.1, 0.15) is 24.1 Å². The van der Waals surface area contributed by atoms with Crippen LogP contribution >= 0.6 is 0 Å². The number of nitrogens with zero attached hydrogens (tertiary/aromatic N) is 1. The highest BCUT2D eigenvalue weighted by atomic mass is 16.2. The maximum Gasteiger partial charge on any atom is 0.318 e. The van der Waals surface area contributed by atoms with Gasteiger partial charge in [0.2, 0.25) is 0 Å². The number of carbonyl (C=O) groups excluding carboxylic acids is 1. The molecule has 2 amide bonds. The molecule has 0 aliphatic carbocycles. The number of benzene rings is 1. The Hall–Kier alpha value is -1.55. The molecular formula is C14H19N3O. The van der Waals surface area contributed by atoms with E-state index in [2.05, 4.69) is 41.8 Å². The summed E-state index contributed by atoms with van der Waals surface area (Å²) in [7, 11) is 0. The highest BCUT2D eigenvalue weighted by Gasteiger charge is 2.36. The van der Waals surface area contributed by atoms with Crippen molar-refractivity contribution in [1.29, 1.82) is 0 Å². The molecule has 4 nitrogen and oxygen atoms in total. The third kappa shape index (κ3) is 1.97. The molecule has 1 unspecified atom stereocenters. The number of urea groups is 1. The Labute approximate surface area is 107 Å². The summed E-state index contributed by atoms with van der Waals surface area (Å²) in [4.78, 5) is 13.9. The quantitative estimate of drug-likeness (QED) is 0.842. The lowest BCUT2D eigenvalue weighted by Crippen LogP contribution is -2.57. The number of carbonyl (C=O) groups is 1. The summed E-state index contributed by atoms with van der Waals surface area (Å²) in [5.41, 5.74) is 2.54. The van der Waals surface area contributed by atoms with E-state index in [-0.39, 0.29) is 12.1 Å². The van der Waals surface area contributed by atoms with Gasteiger partial charge in [0.15, 0.2) is 0 Å². The van der Waals surface area contributed by atoms with E-state index in [4.69, 9.17) is 0 Å². The van der Waals surface area contributed by atoms with Crippen LogP contribution < -0.4 is 10.6 Å². The smallest absolute Gasteiger partial charge is 0.318 e. The predicted octanol–water partition coefficient (Wildman–Crippen LogP) is 1.29. The molecule has 3 rings (SSSR count). The highest BCUT2D eigenvalue weighted by Crippen LogP contribution is 2.23. The van der Waals surface area contributed by atoms with Crippen molar-refractivity contribution in [2.24, 2.45) is 0 Å². The predicted molar refractivity (Wildman–Crippen MR) is 70.5 cm³/mol. The van der Waals surface area contributed by atoms with E-state index < -0.39 is 0 Å². The van der Waals surface area contributed by atoms with Gasteiger partial charge in [-0.25, -0.2) is 4.79 Å². The first-order valence-corrected chi connectivity index (χ1v) is 6.64. The average molecular weight is 245 g/mol. The van der Waals surface area contributed by atoms with Crippen LogP contribution in [0.25, 0.3) is 0 Å². The van der Waals surface area contributed by atoms with Crippen LogP contribution in [0.2, 0.25) is 0 Å². The molecule has 2 aliphatic rings. The first kappa shape index (κ1) is 11.5. The fourth-order valence-electron chi connectivity index (χ4n) is 2.54. The van der Waals surface area contributed by atoms with Gasteiger partial charge in [0.1, 0.15) is 0 Å². The second-order valence-corrected chi connectivity index (χ2v) is 5.06. The zero-order valence-electron chi connectivity index (χ0n) is 10.6. The summed E-state index contributed by atoms with van der Waals surface area (Å²) in [6.07, 6.45) is 1.05. The lowest BCUT2D eigenvalue weighted by atomic mass is 10.0. The first-order valence-electron chi connectivity index (χ1n) is 6.64. The molecule has 4 heteroatoms. The van der Waals surface area contributed by atoms with E-state index in [9.17, 15) is 4.79 Å². The average Bonchev–Trinajstić information content (AvgIpc) is 2.70. The van der Waals surface area contributed by atoms with E-state index >= 15 is 0 Å². The zero-order valence-corrected chi connectivity index (χ0v) is 10.6. The van der Waals surface area contributed by atoms with Gasteiger partial charge in [-0.3, -0.25) is 0 Å². The Bertz CT molecular complexity index is 439. The van der Waals surface area contributed by atoms with Gasteiger partial charge in [-0.2, -0.15) is 0 Å². The number of nitrogens with one attached hydrogen (secondary N) is 2. The summed E-state index contributed by atoms with van der Waals surface area (Å²) in [5.74, 6) is 0. The number of hydrogen-bond donors (Lipinski definition) is 2. The van der Waals surface area contributed by atoms with Crippen molar-refractivity contribution in [3.8, 4) is 0 Å². The third-order valence-electron chi connectivity index (χ3n) is 3.93. The van der Waals surface area contributed by atoms with Gasteiger partial charge in [0.25, 0.3) is 0 Å². The maximum absolute atomic E-state index is 11.9. The molecule has 2 saturated heterocycles. The standard InChI is InChI=1S/C14H19N3O/c1-2-10-3-5-11(6-4-10)13-9-17(14(18)16-13)12-7-15-8-12/h3-6,12-13,15H,2,7-9H2,1H3,(H,16,18). The SMILES string of the molecule is CCc1ccc(C2CN(C3CNC3)C(=O)N2)cc1. The Balaban J connectivity index is 1.71. The number of aryl methyl sites for hydroxylation is 1. The molecule has 18 heavy (non-hydrogen) atoms. The summed E-state index contributed by atoms with van der Waals surface area (Å²) in [6.45, 7) is 4.79. The van der Waals surface area contributed by atoms with Crippen LogP contribution in [0, 0.1) is 0 Å². The Morgan fingerprint density at radius 3 is 2.56 bits per heavy atom. The Morgan fingerprint density at radius 1 is 1.28 bits per heavy atom. The monoisotopic (exact) mass is 245 g/mol. The zero-order chi connectivity index (χ0) is 12.5. The van der Waals surface area contributed by atoms with Gasteiger partial charge < -0.3 is 15.5 Å². The minimum absolute atomic E-state index is 0.0751. The molecular weight excluding hydrogens is 226 g/mol. The van der Waals surface area contributed by atoms with Gasteiger partial charge in [0, 0.05) is 19.6 Å². The fourth-order valence-corrected chi connectivity index (χ4v) is 2.54. The number of rotatable bonds is 3. The highest BCUT2D eigenvalue weighted by molar-refractivity contribution is 5.77. The van der Waals surface area contributed by atoms with Gasteiger partial charge >= 0.3 is 6.03 Å². The molecule has 0 radical (unpaired) electrons. The second kappa shape index (κ2) is 4.61. The molecule has 1 aromatic carbocycles. The maximum atomic E-state index is 11.9. The van der Waals surface area contributed by atoms with Crippen LogP contribution in [0.4, 0.5) is 4.79 Å². The van der Waals surface area contributed by atoms with Crippen molar-refractivity contribution in [3.63, 3.8) is 0 Å². The van der Waals surface area contributed by atoms with Crippen molar-refractivity contribution in [1.82, 2.24) is 15.5 Å². The molecule has 1 aromatic rings. The molecule has 0 bridgehead atoms. The van der Waals surface area contributed by atoms with Crippen molar-refractivity contribution in [2.45, 2.75) is 25.4 Å². The minimum Gasteiger partial charge on any atom is -0.329 e. The van der Waals surface area contributed by atoms with Crippen LogP contribution in [0.15, 0.2) is 24.3 Å². The molecule has 96 valence electrons. The van der Waals surface area contributed by atoms with E-state index in [0.29, 0.717) is 6.04 Å². The molecule has 2 heterocycles. The van der Waals surface area contributed by atoms with Crippen LogP contribution in [-0.4, -0.2) is 36.6 Å². The van der Waals surface area contributed by atoms with Gasteiger partial charge in [-0.15, -0.1) is 0 Å². The lowest BCUT2D eigenvalue weighted by molar-refractivity contribution is 0.172. The number of amides is 2. The molecule has 0 saturated carbocycles. The van der Waals surface area contributed by atoms with Crippen molar-refractivity contribution in [3.05, 3.63) is 35.4 Å². The van der Waals surface area contributed by atoms with Crippen LogP contribution in [0.5, 0.6) is 0 Å². The van der Waals surface area contributed by atoms with Crippen molar-refractivity contribution in [2.75, 3.05) is 19.6 Å². The van der Waals surface area contributed by atoms with Crippen molar-refractivity contribution >= 4 is 6.03 Å². The summed E-state index contributed by atoms with van der Waals surface area (Å²) in [6, 6.07) is 9.16. The van der Waals surface area contributed by atoms with Crippen LogP contribution in [0.3, 0.4) is 0 Å². The lowest BCUT2D eigenvalue weighted by Gasteiger charge is -2.34. The summed E-state index contributed by atoms with van der Waals surface area (Å²) < 4.78 is 0. The second-order valence-electron chi connectivity index (χ2n) is 5.06. The molecule has 2 N–H and O–H groups in total. The molecule has 0 spiro atoms.